The maximum absolute atomic E-state index is 12.5. The smallest absolute Gasteiger partial charge is 0.217 e. The van der Waals surface area contributed by atoms with Gasteiger partial charge in [0.1, 0.15) is 9.84 Å². The Balaban J connectivity index is 2.07. The molecule has 2 saturated heterocycles. The van der Waals surface area contributed by atoms with Crippen molar-refractivity contribution in [2.24, 2.45) is 5.92 Å². The van der Waals surface area contributed by atoms with Gasteiger partial charge in [0, 0.05) is 18.5 Å². The van der Waals surface area contributed by atoms with Crippen LogP contribution in [0.4, 0.5) is 0 Å². The fraction of sp³-hybridized carbons (Fsp3) is 1.00. The summed E-state index contributed by atoms with van der Waals surface area (Å²) in [5, 5.41) is -0.520. The van der Waals surface area contributed by atoms with Crippen LogP contribution in [0.3, 0.4) is 0 Å². The van der Waals surface area contributed by atoms with E-state index in [0.717, 1.165) is 0 Å². The first-order valence-corrected chi connectivity index (χ1v) is 10.3. The van der Waals surface area contributed by atoms with Crippen molar-refractivity contribution < 1.29 is 16.8 Å². The molecule has 2 heterocycles. The van der Waals surface area contributed by atoms with E-state index in [1.54, 1.807) is 0 Å². The van der Waals surface area contributed by atoms with Crippen molar-refractivity contribution >= 4 is 31.5 Å². The van der Waals surface area contributed by atoms with E-state index < -0.39 is 25.1 Å². The minimum Gasteiger partial charge on any atom is -0.229 e. The van der Waals surface area contributed by atoms with E-state index >= 15 is 0 Å². The number of halogens is 1. The van der Waals surface area contributed by atoms with E-state index in [9.17, 15) is 16.8 Å². The summed E-state index contributed by atoms with van der Waals surface area (Å²) in [4.78, 5) is 0. The molecular formula is C11H20ClNO4S2. The molecule has 0 aromatic heterocycles. The molecule has 0 aromatic rings. The maximum Gasteiger partial charge on any atom is 0.217 e. The Morgan fingerprint density at radius 3 is 2.26 bits per heavy atom. The van der Waals surface area contributed by atoms with E-state index in [4.69, 9.17) is 11.6 Å². The van der Waals surface area contributed by atoms with Gasteiger partial charge in [0.05, 0.1) is 16.8 Å². The monoisotopic (exact) mass is 329 g/mol. The molecule has 0 radical (unpaired) electrons. The van der Waals surface area contributed by atoms with Crippen LogP contribution in [0.2, 0.25) is 0 Å². The summed E-state index contributed by atoms with van der Waals surface area (Å²) in [5.41, 5.74) is 0. The average Bonchev–Trinajstić information content (AvgIpc) is 2.32. The Kier molecular flexibility index (Phi) is 4.50. The van der Waals surface area contributed by atoms with Crippen LogP contribution in [-0.4, -0.2) is 56.4 Å². The van der Waals surface area contributed by atoms with Crippen molar-refractivity contribution in [2.45, 2.75) is 36.8 Å². The second kappa shape index (κ2) is 5.50. The van der Waals surface area contributed by atoms with Crippen molar-refractivity contribution in [3.63, 3.8) is 0 Å². The average molecular weight is 330 g/mol. The Labute approximate surface area is 120 Å². The summed E-state index contributed by atoms with van der Waals surface area (Å²) in [5.74, 6) is 0.106. The van der Waals surface area contributed by atoms with Gasteiger partial charge >= 0.3 is 0 Å². The van der Waals surface area contributed by atoms with Crippen LogP contribution in [0.25, 0.3) is 0 Å². The van der Waals surface area contributed by atoms with Crippen molar-refractivity contribution in [3.05, 3.63) is 0 Å². The highest BCUT2D eigenvalue weighted by Crippen LogP contribution is 2.28. The largest absolute Gasteiger partial charge is 0.229 e. The van der Waals surface area contributed by atoms with Gasteiger partial charge in [0.15, 0.2) is 0 Å². The Hall–Kier alpha value is 0.150. The molecule has 0 amide bonds. The van der Waals surface area contributed by atoms with Crippen molar-refractivity contribution in [2.75, 3.05) is 24.6 Å². The van der Waals surface area contributed by atoms with Gasteiger partial charge in [0.25, 0.3) is 0 Å². The molecule has 2 aliphatic heterocycles. The van der Waals surface area contributed by atoms with Crippen LogP contribution in [0.15, 0.2) is 0 Å². The summed E-state index contributed by atoms with van der Waals surface area (Å²) in [6, 6.07) is 0. The molecule has 2 atom stereocenters. The highest BCUT2D eigenvalue weighted by molar-refractivity contribution is 7.92. The highest BCUT2D eigenvalue weighted by atomic mass is 35.5. The summed E-state index contributed by atoms with van der Waals surface area (Å²) in [6.07, 6.45) is 1.10. The first-order chi connectivity index (χ1) is 8.72. The molecule has 0 saturated carbocycles. The zero-order chi connectivity index (χ0) is 14.3. The van der Waals surface area contributed by atoms with Gasteiger partial charge in [-0.3, -0.25) is 0 Å². The third kappa shape index (κ3) is 3.43. The fourth-order valence-electron chi connectivity index (χ4n) is 2.69. The van der Waals surface area contributed by atoms with Gasteiger partial charge in [0.2, 0.25) is 10.0 Å². The van der Waals surface area contributed by atoms with E-state index in [1.807, 2.05) is 6.92 Å². The normalized spacial score (nSPS) is 34.2. The minimum absolute atomic E-state index is 0.0155. The molecule has 2 unspecified atom stereocenters. The van der Waals surface area contributed by atoms with Crippen LogP contribution in [0, 0.1) is 5.92 Å². The van der Waals surface area contributed by atoms with Crippen molar-refractivity contribution in [1.29, 1.82) is 0 Å². The summed E-state index contributed by atoms with van der Waals surface area (Å²) < 4.78 is 49.2. The standard InChI is InChI=1S/C11H20ClNO4S2/c1-9-8-13(5-2-11(9)12)19(16,17)10-3-6-18(14,15)7-4-10/h9-11H,2-8H2,1H3. The number of sulfone groups is 1. The molecule has 8 heteroatoms. The third-order valence-electron chi connectivity index (χ3n) is 4.05. The zero-order valence-corrected chi connectivity index (χ0v) is 13.3. The summed E-state index contributed by atoms with van der Waals surface area (Å²) in [6.45, 7) is 2.84. The molecule has 5 nitrogen and oxygen atoms in total. The molecule has 19 heavy (non-hydrogen) atoms. The lowest BCUT2D eigenvalue weighted by Gasteiger charge is -2.36. The number of nitrogens with zero attached hydrogens (tertiary/aromatic N) is 1. The lowest BCUT2D eigenvalue weighted by Crippen LogP contribution is -2.48. The minimum atomic E-state index is -3.38. The molecule has 0 aromatic carbocycles. The lowest BCUT2D eigenvalue weighted by molar-refractivity contribution is 0.282. The molecular weight excluding hydrogens is 310 g/mol. The van der Waals surface area contributed by atoms with Gasteiger partial charge in [-0.25, -0.2) is 21.1 Å². The molecule has 0 aliphatic carbocycles. The third-order valence-corrected chi connectivity index (χ3v) is 8.78. The van der Waals surface area contributed by atoms with Gasteiger partial charge in [-0.2, -0.15) is 0 Å². The quantitative estimate of drug-likeness (QED) is 0.704. The predicted molar refractivity (Wildman–Crippen MR) is 75.6 cm³/mol. The Morgan fingerprint density at radius 1 is 1.16 bits per heavy atom. The molecule has 2 aliphatic rings. The number of hydrogen-bond acceptors (Lipinski definition) is 4. The number of sulfonamides is 1. The highest BCUT2D eigenvalue weighted by Gasteiger charge is 2.39. The second-order valence-electron chi connectivity index (χ2n) is 5.54. The van der Waals surface area contributed by atoms with Crippen LogP contribution >= 0.6 is 11.6 Å². The Bertz CT molecular complexity index is 517. The molecule has 2 rings (SSSR count). The van der Waals surface area contributed by atoms with Crippen molar-refractivity contribution in [3.8, 4) is 0 Å². The van der Waals surface area contributed by atoms with Gasteiger partial charge < -0.3 is 0 Å². The lowest BCUT2D eigenvalue weighted by atomic mass is 10.0. The second-order valence-corrected chi connectivity index (χ2v) is 10.6. The van der Waals surface area contributed by atoms with Crippen LogP contribution in [0.1, 0.15) is 26.2 Å². The molecule has 112 valence electrons. The molecule has 0 bridgehead atoms. The first-order valence-electron chi connectivity index (χ1n) is 6.56. The number of rotatable bonds is 2. The topological polar surface area (TPSA) is 71.5 Å². The van der Waals surface area contributed by atoms with E-state index in [-0.39, 0.29) is 35.6 Å². The summed E-state index contributed by atoms with van der Waals surface area (Å²) in [7, 11) is -6.41. The first kappa shape index (κ1) is 15.5. The van der Waals surface area contributed by atoms with Gasteiger partial charge in [-0.15, -0.1) is 11.6 Å². The maximum atomic E-state index is 12.5. The fourth-order valence-corrected chi connectivity index (χ4v) is 6.71. The summed E-state index contributed by atoms with van der Waals surface area (Å²) >= 11 is 6.10. The van der Waals surface area contributed by atoms with Crippen molar-refractivity contribution in [1.82, 2.24) is 4.31 Å². The number of alkyl halides is 1. The van der Waals surface area contributed by atoms with E-state index in [0.29, 0.717) is 19.5 Å². The van der Waals surface area contributed by atoms with Crippen LogP contribution in [-0.2, 0) is 19.9 Å². The van der Waals surface area contributed by atoms with E-state index in [2.05, 4.69) is 0 Å². The zero-order valence-electron chi connectivity index (χ0n) is 11.0. The SMILES string of the molecule is CC1CN(S(=O)(=O)C2CCS(=O)(=O)CC2)CCC1Cl. The predicted octanol–water partition coefficient (Wildman–Crippen LogP) is 0.843. The molecule has 2 fully saturated rings. The Morgan fingerprint density at radius 2 is 1.74 bits per heavy atom. The van der Waals surface area contributed by atoms with Gasteiger partial charge in [-0.1, -0.05) is 6.92 Å². The van der Waals surface area contributed by atoms with Gasteiger partial charge in [-0.05, 0) is 25.2 Å². The van der Waals surface area contributed by atoms with Crippen LogP contribution < -0.4 is 0 Å². The molecule has 0 N–H and O–H groups in total. The molecule has 0 spiro atoms. The van der Waals surface area contributed by atoms with Crippen LogP contribution in [0.5, 0.6) is 0 Å². The number of piperidine rings is 1. The number of hydrogen-bond donors (Lipinski definition) is 0. The van der Waals surface area contributed by atoms with E-state index in [1.165, 1.54) is 4.31 Å².